The summed E-state index contributed by atoms with van der Waals surface area (Å²) in [5, 5.41) is 9.76. The highest BCUT2D eigenvalue weighted by atomic mass is 35.5. The van der Waals surface area contributed by atoms with Gasteiger partial charge in [-0.15, -0.1) is 0 Å². The third-order valence-corrected chi connectivity index (χ3v) is 4.30. The summed E-state index contributed by atoms with van der Waals surface area (Å²) in [6.45, 7) is 6.28. The zero-order valence-corrected chi connectivity index (χ0v) is 14.4. The van der Waals surface area contributed by atoms with Crippen LogP contribution < -0.4 is 0 Å². The topological polar surface area (TPSA) is 49.8 Å². The number of hydrogen-bond acceptors (Lipinski definition) is 3. The Labute approximate surface area is 141 Å². The van der Waals surface area contributed by atoms with Crippen molar-refractivity contribution in [3.63, 3.8) is 0 Å². The Morgan fingerprint density at radius 1 is 1.48 bits per heavy atom. The van der Waals surface area contributed by atoms with Gasteiger partial charge in [-0.05, 0) is 50.8 Å². The molecule has 1 N–H and O–H groups in total. The maximum atomic E-state index is 13.7. The van der Waals surface area contributed by atoms with Crippen LogP contribution >= 0.6 is 11.6 Å². The van der Waals surface area contributed by atoms with Crippen LogP contribution in [0.4, 0.5) is 9.18 Å². The first-order chi connectivity index (χ1) is 10.7. The van der Waals surface area contributed by atoms with E-state index in [1.807, 2.05) is 20.8 Å². The molecule has 0 spiro atoms. The molecule has 23 heavy (non-hydrogen) atoms. The molecule has 2 atom stereocenters. The van der Waals surface area contributed by atoms with Gasteiger partial charge in [0.15, 0.2) is 0 Å². The van der Waals surface area contributed by atoms with Crippen LogP contribution in [0, 0.1) is 11.7 Å². The average molecular weight is 344 g/mol. The number of nitrogens with zero attached hydrogens (tertiary/aromatic N) is 1. The molecule has 1 aromatic rings. The lowest BCUT2D eigenvalue weighted by Crippen LogP contribution is -2.46. The van der Waals surface area contributed by atoms with Crippen LogP contribution in [0.15, 0.2) is 18.2 Å². The summed E-state index contributed by atoms with van der Waals surface area (Å²) in [6.07, 6.45) is 0.266. The van der Waals surface area contributed by atoms with Gasteiger partial charge in [0, 0.05) is 25.6 Å². The quantitative estimate of drug-likeness (QED) is 0.888. The van der Waals surface area contributed by atoms with E-state index in [4.69, 9.17) is 16.3 Å². The van der Waals surface area contributed by atoms with E-state index in [1.165, 1.54) is 12.1 Å². The van der Waals surface area contributed by atoms with Gasteiger partial charge in [-0.1, -0.05) is 17.7 Å². The minimum Gasteiger partial charge on any atom is -0.444 e. The third kappa shape index (κ3) is 4.58. The molecule has 0 aliphatic carbocycles. The van der Waals surface area contributed by atoms with Crippen molar-refractivity contribution in [2.45, 2.75) is 38.7 Å². The summed E-state index contributed by atoms with van der Waals surface area (Å²) < 4.78 is 19.1. The minimum absolute atomic E-state index is 0.00884. The van der Waals surface area contributed by atoms with Gasteiger partial charge < -0.3 is 14.7 Å². The summed E-state index contributed by atoms with van der Waals surface area (Å²) in [4.78, 5) is 13.8. The molecule has 0 aromatic heterocycles. The molecular weight excluding hydrogens is 321 g/mol. The van der Waals surface area contributed by atoms with E-state index in [9.17, 15) is 14.3 Å². The van der Waals surface area contributed by atoms with Gasteiger partial charge in [0.2, 0.25) is 0 Å². The van der Waals surface area contributed by atoms with Crippen LogP contribution in [0.2, 0.25) is 5.02 Å². The van der Waals surface area contributed by atoms with E-state index in [0.717, 1.165) is 5.56 Å². The number of carbonyl (C=O) groups is 1. The van der Waals surface area contributed by atoms with Crippen LogP contribution in [0.3, 0.4) is 0 Å². The highest BCUT2D eigenvalue weighted by molar-refractivity contribution is 6.30. The number of carbonyl (C=O) groups excluding carboxylic acids is 1. The van der Waals surface area contributed by atoms with Gasteiger partial charge in [0.25, 0.3) is 0 Å². The molecule has 1 fully saturated rings. The van der Waals surface area contributed by atoms with Crippen LogP contribution in [0.5, 0.6) is 0 Å². The lowest BCUT2D eigenvalue weighted by atomic mass is 9.81. The lowest BCUT2D eigenvalue weighted by Gasteiger charge is -2.38. The maximum Gasteiger partial charge on any atom is 0.410 e. The van der Waals surface area contributed by atoms with Crippen LogP contribution in [0.25, 0.3) is 0 Å². The van der Waals surface area contributed by atoms with Crippen molar-refractivity contribution in [1.82, 2.24) is 4.90 Å². The first-order valence-electron chi connectivity index (χ1n) is 7.75. The Morgan fingerprint density at radius 2 is 2.17 bits per heavy atom. The van der Waals surface area contributed by atoms with E-state index in [-0.39, 0.29) is 29.6 Å². The van der Waals surface area contributed by atoms with Crippen molar-refractivity contribution in [2.75, 3.05) is 19.7 Å². The number of aliphatic hydroxyl groups is 1. The van der Waals surface area contributed by atoms with Crippen molar-refractivity contribution in [3.8, 4) is 0 Å². The number of hydrogen-bond donors (Lipinski definition) is 1. The summed E-state index contributed by atoms with van der Waals surface area (Å²) in [5.41, 5.74) is 0.247. The fourth-order valence-electron chi connectivity index (χ4n) is 2.89. The Bertz CT molecular complexity index is 573. The Hall–Kier alpha value is -1.33. The summed E-state index contributed by atoms with van der Waals surface area (Å²) in [7, 11) is 0. The Balaban J connectivity index is 2.09. The SMILES string of the molecule is CC(C)(C)OC(=O)N1CC[C@@H](c2ccc(Cl)c(F)c2)[C@H](CO)C1. The summed E-state index contributed by atoms with van der Waals surface area (Å²) >= 11 is 5.72. The summed E-state index contributed by atoms with van der Waals surface area (Å²) in [5.74, 6) is -0.627. The van der Waals surface area contributed by atoms with E-state index in [1.54, 1.807) is 11.0 Å². The highest BCUT2D eigenvalue weighted by Crippen LogP contribution is 2.34. The number of piperidine rings is 1. The molecule has 0 unspecified atom stereocenters. The molecule has 0 bridgehead atoms. The lowest BCUT2D eigenvalue weighted by molar-refractivity contribution is 0.0101. The summed E-state index contributed by atoms with van der Waals surface area (Å²) in [6, 6.07) is 4.72. The van der Waals surface area contributed by atoms with Gasteiger partial charge in [0.1, 0.15) is 11.4 Å². The number of benzene rings is 1. The molecule has 1 amide bonds. The zero-order chi connectivity index (χ0) is 17.2. The monoisotopic (exact) mass is 343 g/mol. The molecule has 1 aliphatic heterocycles. The standard InChI is InChI=1S/C17H23ClFNO3/c1-17(2,3)23-16(22)20-7-6-13(12(9-20)10-21)11-4-5-14(18)15(19)8-11/h4-5,8,12-13,21H,6-7,9-10H2,1-3H3/t12-,13-/m0/s1. The molecule has 2 rings (SSSR count). The van der Waals surface area contributed by atoms with Crippen molar-refractivity contribution in [3.05, 3.63) is 34.6 Å². The van der Waals surface area contributed by atoms with Crippen molar-refractivity contribution < 1.29 is 19.0 Å². The smallest absolute Gasteiger partial charge is 0.410 e. The molecule has 128 valence electrons. The van der Waals surface area contributed by atoms with Gasteiger partial charge in [-0.2, -0.15) is 0 Å². The van der Waals surface area contributed by atoms with E-state index < -0.39 is 11.4 Å². The van der Waals surface area contributed by atoms with Gasteiger partial charge in [-0.25, -0.2) is 9.18 Å². The first-order valence-corrected chi connectivity index (χ1v) is 8.13. The van der Waals surface area contributed by atoms with Crippen LogP contribution in [0.1, 0.15) is 38.7 Å². The van der Waals surface area contributed by atoms with Crippen molar-refractivity contribution in [2.24, 2.45) is 5.92 Å². The van der Waals surface area contributed by atoms with Crippen LogP contribution in [-0.2, 0) is 4.74 Å². The van der Waals surface area contributed by atoms with Crippen molar-refractivity contribution in [1.29, 1.82) is 0 Å². The normalized spacial score (nSPS) is 22.1. The first kappa shape index (κ1) is 18.0. The van der Waals surface area contributed by atoms with E-state index in [0.29, 0.717) is 19.5 Å². The number of likely N-dealkylation sites (tertiary alicyclic amines) is 1. The molecule has 1 saturated heterocycles. The fourth-order valence-corrected chi connectivity index (χ4v) is 3.01. The van der Waals surface area contributed by atoms with Gasteiger partial charge in [-0.3, -0.25) is 0 Å². The van der Waals surface area contributed by atoms with E-state index in [2.05, 4.69) is 0 Å². The molecule has 0 saturated carbocycles. The number of amides is 1. The van der Waals surface area contributed by atoms with Crippen molar-refractivity contribution >= 4 is 17.7 Å². The number of aliphatic hydroxyl groups excluding tert-OH is 1. The predicted molar refractivity (Wildman–Crippen MR) is 87.2 cm³/mol. The molecule has 6 heteroatoms. The predicted octanol–water partition coefficient (Wildman–Crippen LogP) is 3.81. The number of rotatable bonds is 2. The van der Waals surface area contributed by atoms with Gasteiger partial charge >= 0.3 is 6.09 Å². The molecule has 1 aromatic carbocycles. The second-order valence-corrected chi connectivity index (χ2v) is 7.34. The second-order valence-electron chi connectivity index (χ2n) is 6.94. The molecule has 1 aliphatic rings. The minimum atomic E-state index is -0.554. The fraction of sp³-hybridized carbons (Fsp3) is 0.588. The molecular formula is C17H23ClFNO3. The second kappa shape index (κ2) is 7.05. The molecule has 4 nitrogen and oxygen atoms in total. The average Bonchev–Trinajstić information content (AvgIpc) is 2.47. The van der Waals surface area contributed by atoms with E-state index >= 15 is 0 Å². The van der Waals surface area contributed by atoms with Gasteiger partial charge in [0.05, 0.1) is 5.02 Å². The molecule has 1 heterocycles. The molecule has 0 radical (unpaired) electrons. The highest BCUT2D eigenvalue weighted by Gasteiger charge is 2.34. The maximum absolute atomic E-state index is 13.7. The Morgan fingerprint density at radius 3 is 2.74 bits per heavy atom. The Kier molecular flexibility index (Phi) is 5.53. The number of halogens is 2. The zero-order valence-electron chi connectivity index (χ0n) is 13.7. The van der Waals surface area contributed by atoms with Crippen LogP contribution in [-0.4, -0.2) is 41.4 Å². The largest absolute Gasteiger partial charge is 0.444 e. The third-order valence-electron chi connectivity index (χ3n) is 3.99. The number of ether oxygens (including phenoxy) is 1.